The minimum Gasteiger partial charge on any atom is -0.354 e. The fraction of sp³-hybridized carbons (Fsp3) is 0.471. The number of hydrogen-bond acceptors (Lipinski definition) is 3. The van der Waals surface area contributed by atoms with Gasteiger partial charge in [0.2, 0.25) is 17.7 Å². The largest absolute Gasteiger partial charge is 0.354 e. The highest BCUT2D eigenvalue weighted by molar-refractivity contribution is 5.87. The van der Waals surface area contributed by atoms with Crippen LogP contribution in [0.15, 0.2) is 30.3 Å². The highest BCUT2D eigenvalue weighted by Gasteiger charge is 2.16. The summed E-state index contributed by atoms with van der Waals surface area (Å²) in [5.41, 5.74) is 1.18. The van der Waals surface area contributed by atoms with E-state index in [0.29, 0.717) is 12.5 Å². The molecule has 23 heavy (non-hydrogen) atoms. The van der Waals surface area contributed by atoms with Crippen LogP contribution in [0.4, 0.5) is 0 Å². The van der Waals surface area contributed by atoms with Crippen molar-refractivity contribution in [3.8, 4) is 0 Å². The summed E-state index contributed by atoms with van der Waals surface area (Å²) in [5, 5.41) is 7.68. The van der Waals surface area contributed by atoms with Crippen LogP contribution < -0.4 is 16.0 Å². The Bertz CT molecular complexity index is 529. The van der Waals surface area contributed by atoms with E-state index in [1.165, 1.54) is 12.5 Å². The van der Waals surface area contributed by atoms with E-state index in [-0.39, 0.29) is 36.7 Å². The molecule has 3 N–H and O–H groups in total. The van der Waals surface area contributed by atoms with Gasteiger partial charge in [0.25, 0.3) is 0 Å². The smallest absolute Gasteiger partial charge is 0.239 e. The first-order valence-electron chi connectivity index (χ1n) is 7.73. The molecule has 0 aliphatic heterocycles. The molecule has 0 fully saturated rings. The van der Waals surface area contributed by atoms with Crippen LogP contribution in [0.2, 0.25) is 0 Å². The Labute approximate surface area is 137 Å². The van der Waals surface area contributed by atoms with Gasteiger partial charge in [0, 0.05) is 19.4 Å². The monoisotopic (exact) mass is 319 g/mol. The molecule has 0 aliphatic rings. The van der Waals surface area contributed by atoms with E-state index in [2.05, 4.69) is 29.8 Å². The predicted molar refractivity (Wildman–Crippen MR) is 88.7 cm³/mol. The lowest BCUT2D eigenvalue weighted by molar-refractivity contribution is -0.127. The average molecular weight is 319 g/mol. The number of rotatable bonds is 8. The maximum Gasteiger partial charge on any atom is 0.239 e. The van der Waals surface area contributed by atoms with Gasteiger partial charge < -0.3 is 16.0 Å². The van der Waals surface area contributed by atoms with Crippen LogP contribution >= 0.6 is 0 Å². The Kier molecular flexibility index (Phi) is 7.80. The van der Waals surface area contributed by atoms with Crippen molar-refractivity contribution in [1.82, 2.24) is 16.0 Å². The molecule has 6 heteroatoms. The highest BCUT2D eigenvalue weighted by atomic mass is 16.2. The molecule has 0 aromatic heterocycles. The molecule has 0 saturated carbocycles. The molecular formula is C17H25N3O3. The second-order valence-corrected chi connectivity index (χ2v) is 5.75. The molecule has 1 unspecified atom stereocenters. The minimum atomic E-state index is -0.390. The molecule has 6 nitrogen and oxygen atoms in total. The van der Waals surface area contributed by atoms with Crippen molar-refractivity contribution < 1.29 is 14.4 Å². The van der Waals surface area contributed by atoms with Crippen molar-refractivity contribution in [3.05, 3.63) is 35.9 Å². The summed E-state index contributed by atoms with van der Waals surface area (Å²) >= 11 is 0. The van der Waals surface area contributed by atoms with Gasteiger partial charge in [0.1, 0.15) is 0 Å². The third-order valence-corrected chi connectivity index (χ3v) is 3.50. The van der Waals surface area contributed by atoms with Gasteiger partial charge in [-0.2, -0.15) is 0 Å². The van der Waals surface area contributed by atoms with E-state index in [1.54, 1.807) is 0 Å². The quantitative estimate of drug-likeness (QED) is 0.662. The number of amides is 3. The second-order valence-electron chi connectivity index (χ2n) is 5.75. The Hall–Kier alpha value is -2.37. The van der Waals surface area contributed by atoms with Crippen LogP contribution in [0, 0.1) is 5.92 Å². The van der Waals surface area contributed by atoms with Gasteiger partial charge in [-0.05, 0) is 11.5 Å². The highest BCUT2D eigenvalue weighted by Crippen LogP contribution is 2.23. The van der Waals surface area contributed by atoms with Crippen LogP contribution in [-0.2, 0) is 14.4 Å². The molecule has 1 rings (SSSR count). The Morgan fingerprint density at radius 3 is 2.04 bits per heavy atom. The summed E-state index contributed by atoms with van der Waals surface area (Å²) in [5.74, 6) is -0.323. The topological polar surface area (TPSA) is 87.3 Å². The van der Waals surface area contributed by atoms with Crippen molar-refractivity contribution in [2.75, 3.05) is 19.6 Å². The molecule has 0 bridgehead atoms. The minimum absolute atomic E-state index is 0.0992. The van der Waals surface area contributed by atoms with Crippen LogP contribution in [0.3, 0.4) is 0 Å². The molecule has 1 aromatic rings. The van der Waals surface area contributed by atoms with E-state index in [0.717, 1.165) is 0 Å². The van der Waals surface area contributed by atoms with Crippen molar-refractivity contribution in [1.29, 1.82) is 0 Å². The zero-order valence-corrected chi connectivity index (χ0v) is 13.9. The van der Waals surface area contributed by atoms with Crippen LogP contribution in [0.5, 0.6) is 0 Å². The average Bonchev–Trinajstić information content (AvgIpc) is 2.51. The number of nitrogens with one attached hydrogen (secondary N) is 3. The first-order valence-corrected chi connectivity index (χ1v) is 7.73. The number of carbonyl (C=O) groups excluding carboxylic acids is 3. The van der Waals surface area contributed by atoms with Gasteiger partial charge in [-0.3, -0.25) is 14.4 Å². The summed E-state index contributed by atoms with van der Waals surface area (Å²) < 4.78 is 0. The second kappa shape index (κ2) is 9.61. The zero-order valence-electron chi connectivity index (χ0n) is 13.9. The lowest BCUT2D eigenvalue weighted by Gasteiger charge is -2.22. The van der Waals surface area contributed by atoms with Gasteiger partial charge in [-0.1, -0.05) is 44.2 Å². The van der Waals surface area contributed by atoms with Crippen LogP contribution in [0.25, 0.3) is 0 Å². The van der Waals surface area contributed by atoms with Gasteiger partial charge in [0.05, 0.1) is 13.1 Å². The molecule has 0 radical (unpaired) electrons. The third kappa shape index (κ3) is 7.44. The summed E-state index contributed by atoms with van der Waals surface area (Å²) in [7, 11) is 0. The van der Waals surface area contributed by atoms with Crippen molar-refractivity contribution in [2.24, 2.45) is 5.92 Å². The summed E-state index contributed by atoms with van der Waals surface area (Å²) in [6.45, 7) is 5.84. The predicted octanol–water partition coefficient (Wildman–Crippen LogP) is 0.795. The van der Waals surface area contributed by atoms with Crippen LogP contribution in [-0.4, -0.2) is 37.4 Å². The number of carbonyl (C=O) groups is 3. The molecule has 1 atom stereocenters. The normalized spacial score (nSPS) is 11.7. The van der Waals surface area contributed by atoms with Crippen molar-refractivity contribution in [3.63, 3.8) is 0 Å². The van der Waals surface area contributed by atoms with Gasteiger partial charge in [-0.25, -0.2) is 0 Å². The maximum absolute atomic E-state index is 11.8. The SMILES string of the molecule is CC(=O)NCC(=O)NCC(=O)NCC(c1ccccc1)C(C)C. The van der Waals surface area contributed by atoms with Crippen molar-refractivity contribution >= 4 is 17.7 Å². The molecular weight excluding hydrogens is 294 g/mol. The first kappa shape index (κ1) is 18.7. The van der Waals surface area contributed by atoms with E-state index in [4.69, 9.17) is 0 Å². The van der Waals surface area contributed by atoms with Crippen molar-refractivity contribution in [2.45, 2.75) is 26.7 Å². The van der Waals surface area contributed by atoms with Gasteiger partial charge >= 0.3 is 0 Å². The zero-order chi connectivity index (χ0) is 17.2. The molecule has 0 saturated heterocycles. The fourth-order valence-corrected chi connectivity index (χ4v) is 2.17. The van der Waals surface area contributed by atoms with E-state index >= 15 is 0 Å². The Morgan fingerprint density at radius 2 is 1.48 bits per heavy atom. The Balaban J connectivity index is 2.39. The lowest BCUT2D eigenvalue weighted by atomic mass is 9.88. The standard InChI is InChI=1S/C17H25N3O3/c1-12(2)15(14-7-5-4-6-8-14)9-19-17(23)11-20-16(22)10-18-13(3)21/h4-8,12,15H,9-11H2,1-3H3,(H,18,21)(H,19,23)(H,20,22). The fourth-order valence-electron chi connectivity index (χ4n) is 2.17. The molecule has 0 heterocycles. The summed E-state index contributed by atoms with van der Waals surface area (Å²) in [6, 6.07) is 10.0. The first-order chi connectivity index (χ1) is 10.9. The van der Waals surface area contributed by atoms with E-state index < -0.39 is 0 Å². The molecule has 1 aromatic carbocycles. The van der Waals surface area contributed by atoms with Gasteiger partial charge in [0.15, 0.2) is 0 Å². The van der Waals surface area contributed by atoms with Gasteiger partial charge in [-0.15, -0.1) is 0 Å². The summed E-state index contributed by atoms with van der Waals surface area (Å²) in [4.78, 5) is 33.9. The molecule has 0 aliphatic carbocycles. The lowest BCUT2D eigenvalue weighted by Crippen LogP contribution is -2.42. The molecule has 126 valence electrons. The number of benzene rings is 1. The summed E-state index contributed by atoms with van der Waals surface area (Å²) in [6.07, 6.45) is 0. The molecule has 3 amide bonds. The van der Waals surface area contributed by atoms with E-state index in [9.17, 15) is 14.4 Å². The maximum atomic E-state index is 11.8. The van der Waals surface area contributed by atoms with E-state index in [1.807, 2.05) is 30.3 Å². The third-order valence-electron chi connectivity index (χ3n) is 3.50. The number of hydrogen-bond donors (Lipinski definition) is 3. The molecule has 0 spiro atoms. The Morgan fingerprint density at radius 1 is 0.913 bits per heavy atom. The van der Waals surface area contributed by atoms with Crippen LogP contribution in [0.1, 0.15) is 32.3 Å².